The Morgan fingerprint density at radius 3 is 2.71 bits per heavy atom. The van der Waals surface area contributed by atoms with Crippen LogP contribution >= 0.6 is 23.5 Å². The lowest BCUT2D eigenvalue weighted by Gasteiger charge is -2.37. The molecule has 0 aromatic carbocycles. The summed E-state index contributed by atoms with van der Waals surface area (Å²) >= 11 is 3.57. The molecule has 0 amide bonds. The average molecular weight is 269 g/mol. The Labute approximate surface area is 111 Å². The van der Waals surface area contributed by atoms with Crippen LogP contribution in [0.5, 0.6) is 0 Å². The van der Waals surface area contributed by atoms with E-state index in [0.717, 1.165) is 23.1 Å². The Bertz CT molecular complexity index is 404. The molecular weight excluding hydrogens is 250 g/mol. The molecule has 94 valence electrons. The van der Waals surface area contributed by atoms with E-state index in [9.17, 15) is 4.79 Å². The monoisotopic (exact) mass is 269 g/mol. The Kier molecular flexibility index (Phi) is 2.68. The van der Waals surface area contributed by atoms with E-state index in [1.54, 1.807) is 11.8 Å². The maximum absolute atomic E-state index is 12.5. The molecule has 2 saturated carbocycles. The second-order valence-electron chi connectivity index (χ2n) is 6.13. The molecular formula is C13H19NOS2. The Morgan fingerprint density at radius 1 is 1.41 bits per heavy atom. The summed E-state index contributed by atoms with van der Waals surface area (Å²) in [6.07, 6.45) is 2.30. The van der Waals surface area contributed by atoms with E-state index in [-0.39, 0.29) is 22.0 Å². The summed E-state index contributed by atoms with van der Waals surface area (Å²) in [5.41, 5.74) is 0.344. The molecule has 2 aliphatic carbocycles. The number of carbonyl (C=O) groups is 1. The maximum Gasteiger partial charge on any atom is 0.150 e. The fraction of sp³-hybridized carbons (Fsp3) is 0.846. The number of Topliss-reactive ketones (excluding diaryl/α,β-unsaturated/α-hetero) is 1. The smallest absolute Gasteiger partial charge is 0.150 e. The van der Waals surface area contributed by atoms with Gasteiger partial charge < -0.3 is 0 Å². The van der Waals surface area contributed by atoms with Crippen molar-refractivity contribution >= 4 is 33.7 Å². The van der Waals surface area contributed by atoms with Gasteiger partial charge in [-0.1, -0.05) is 44.3 Å². The first kappa shape index (κ1) is 12.1. The summed E-state index contributed by atoms with van der Waals surface area (Å²) in [6.45, 7) is 7.81. The molecule has 0 spiro atoms. The molecule has 4 heteroatoms. The molecule has 0 aromatic heterocycles. The first-order valence-electron chi connectivity index (χ1n) is 6.34. The van der Waals surface area contributed by atoms with Crippen molar-refractivity contribution in [2.24, 2.45) is 21.7 Å². The summed E-state index contributed by atoms with van der Waals surface area (Å²) in [4.78, 5) is 17.0. The van der Waals surface area contributed by atoms with E-state index in [1.165, 1.54) is 6.42 Å². The molecule has 3 aliphatic rings. The quantitative estimate of drug-likeness (QED) is 0.732. The predicted octanol–water partition coefficient (Wildman–Crippen LogP) is 3.22. The van der Waals surface area contributed by atoms with Crippen LogP contribution in [0.2, 0.25) is 0 Å². The summed E-state index contributed by atoms with van der Waals surface area (Å²) in [5, 5.41) is 0.153. The number of carbonyl (C=O) groups excluding carboxylic acids is 1. The van der Waals surface area contributed by atoms with Gasteiger partial charge in [0.15, 0.2) is 0 Å². The Hall–Kier alpha value is 0.0400. The molecule has 3 rings (SSSR count). The van der Waals surface area contributed by atoms with Gasteiger partial charge in [0.05, 0.1) is 11.8 Å². The summed E-state index contributed by atoms with van der Waals surface area (Å²) in [7, 11) is 0. The van der Waals surface area contributed by atoms with Gasteiger partial charge >= 0.3 is 0 Å². The summed E-state index contributed by atoms with van der Waals surface area (Å²) in [5.74, 6) is 1.87. The zero-order chi connectivity index (χ0) is 12.3. The molecule has 0 unspecified atom stereocenters. The Balaban J connectivity index is 1.88. The highest BCUT2D eigenvalue weighted by atomic mass is 32.2. The minimum absolute atomic E-state index is 0.153. The molecule has 1 heterocycles. The van der Waals surface area contributed by atoms with Crippen LogP contribution in [-0.4, -0.2) is 27.7 Å². The van der Waals surface area contributed by atoms with Gasteiger partial charge in [-0.25, -0.2) is 0 Å². The molecule has 2 bridgehead atoms. The molecule has 17 heavy (non-hydrogen) atoms. The lowest BCUT2D eigenvalue weighted by molar-refractivity contribution is -0.122. The molecule has 1 aliphatic heterocycles. The number of hydrogen-bond acceptors (Lipinski definition) is 4. The minimum atomic E-state index is 0.153. The highest BCUT2D eigenvalue weighted by Gasteiger charge is 2.66. The normalized spacial score (nSPS) is 43.2. The Morgan fingerprint density at radius 2 is 2.18 bits per heavy atom. The van der Waals surface area contributed by atoms with Gasteiger partial charge in [-0.2, -0.15) is 0 Å². The minimum Gasteiger partial charge on any atom is -0.298 e. The van der Waals surface area contributed by atoms with E-state index in [2.05, 4.69) is 25.8 Å². The van der Waals surface area contributed by atoms with Crippen molar-refractivity contribution in [1.29, 1.82) is 0 Å². The highest BCUT2D eigenvalue weighted by Crippen LogP contribution is 2.66. The number of rotatable bonds is 1. The van der Waals surface area contributed by atoms with E-state index in [1.807, 2.05) is 11.8 Å². The SMILES string of the molecule is CC1(C)[C@@H]2CC[C@]1(C)[C@H](SC1=NCCS1)C2=O. The lowest BCUT2D eigenvalue weighted by Crippen LogP contribution is -2.36. The van der Waals surface area contributed by atoms with E-state index >= 15 is 0 Å². The van der Waals surface area contributed by atoms with Gasteiger partial charge in [0.25, 0.3) is 0 Å². The highest BCUT2D eigenvalue weighted by molar-refractivity contribution is 8.39. The van der Waals surface area contributed by atoms with Crippen LogP contribution in [0.3, 0.4) is 0 Å². The molecule has 0 radical (unpaired) electrons. The zero-order valence-corrected chi connectivity index (χ0v) is 12.3. The number of thioether (sulfide) groups is 2. The number of nitrogens with zero attached hydrogens (tertiary/aromatic N) is 1. The second kappa shape index (κ2) is 3.77. The maximum atomic E-state index is 12.5. The van der Waals surface area contributed by atoms with Gasteiger partial charge in [-0.05, 0) is 23.7 Å². The van der Waals surface area contributed by atoms with Crippen LogP contribution in [0.25, 0.3) is 0 Å². The average Bonchev–Trinajstić information content (AvgIpc) is 2.86. The predicted molar refractivity (Wildman–Crippen MR) is 75.8 cm³/mol. The van der Waals surface area contributed by atoms with Crippen LogP contribution in [0.4, 0.5) is 0 Å². The third-order valence-corrected chi connectivity index (χ3v) is 7.98. The topological polar surface area (TPSA) is 29.4 Å². The van der Waals surface area contributed by atoms with Crippen molar-refractivity contribution in [2.75, 3.05) is 12.3 Å². The van der Waals surface area contributed by atoms with Crippen LogP contribution in [-0.2, 0) is 4.79 Å². The van der Waals surface area contributed by atoms with Crippen molar-refractivity contribution in [2.45, 2.75) is 38.9 Å². The zero-order valence-electron chi connectivity index (χ0n) is 10.7. The molecule has 2 nitrogen and oxygen atoms in total. The number of aliphatic imine (C=N–C) groups is 1. The third-order valence-electron chi connectivity index (χ3n) is 5.25. The van der Waals surface area contributed by atoms with Crippen molar-refractivity contribution < 1.29 is 4.79 Å². The fourth-order valence-corrected chi connectivity index (χ4v) is 6.34. The molecule has 0 aromatic rings. The summed E-state index contributed by atoms with van der Waals surface area (Å²) in [6, 6.07) is 0. The van der Waals surface area contributed by atoms with Crippen molar-refractivity contribution in [3.05, 3.63) is 0 Å². The van der Waals surface area contributed by atoms with E-state index in [4.69, 9.17) is 0 Å². The second-order valence-corrected chi connectivity index (χ2v) is 8.56. The van der Waals surface area contributed by atoms with Gasteiger partial charge in [-0.3, -0.25) is 9.79 Å². The molecule has 0 N–H and O–H groups in total. The van der Waals surface area contributed by atoms with Crippen molar-refractivity contribution in [3.63, 3.8) is 0 Å². The third kappa shape index (κ3) is 1.49. The number of ketones is 1. The summed E-state index contributed by atoms with van der Waals surface area (Å²) < 4.78 is 1.15. The van der Waals surface area contributed by atoms with Crippen LogP contribution in [0.15, 0.2) is 4.99 Å². The molecule has 2 fully saturated rings. The largest absolute Gasteiger partial charge is 0.298 e. The van der Waals surface area contributed by atoms with Crippen LogP contribution in [0.1, 0.15) is 33.6 Å². The van der Waals surface area contributed by atoms with Crippen molar-refractivity contribution in [3.8, 4) is 0 Å². The van der Waals surface area contributed by atoms with Gasteiger partial charge in [0.2, 0.25) is 0 Å². The number of fused-ring (bicyclic) bond motifs is 2. The molecule has 0 saturated heterocycles. The van der Waals surface area contributed by atoms with Gasteiger partial charge in [-0.15, -0.1) is 0 Å². The van der Waals surface area contributed by atoms with E-state index < -0.39 is 0 Å². The van der Waals surface area contributed by atoms with Gasteiger partial charge in [0, 0.05) is 11.7 Å². The van der Waals surface area contributed by atoms with Crippen LogP contribution in [0, 0.1) is 16.7 Å². The van der Waals surface area contributed by atoms with E-state index in [0.29, 0.717) is 5.78 Å². The number of hydrogen-bond donors (Lipinski definition) is 0. The standard InChI is InChI=1S/C13H19NOS2/c1-12(2)8-4-5-13(12,3)10(9(8)15)17-11-14-6-7-16-11/h8,10H,4-7H2,1-3H3/t8-,10-,13-/m1/s1. The fourth-order valence-electron chi connectivity index (χ4n) is 3.66. The molecule has 3 atom stereocenters. The van der Waals surface area contributed by atoms with Crippen molar-refractivity contribution in [1.82, 2.24) is 0 Å². The van der Waals surface area contributed by atoms with Gasteiger partial charge in [0.1, 0.15) is 10.2 Å². The first-order chi connectivity index (χ1) is 7.97. The first-order valence-corrected chi connectivity index (χ1v) is 8.21. The lowest BCUT2D eigenvalue weighted by atomic mass is 9.71. The van der Waals surface area contributed by atoms with Crippen LogP contribution < -0.4 is 0 Å².